The summed E-state index contributed by atoms with van der Waals surface area (Å²) in [5.41, 5.74) is 3.45. The third-order valence-corrected chi connectivity index (χ3v) is 5.53. The summed E-state index contributed by atoms with van der Waals surface area (Å²) in [5, 5.41) is 4.26. The fourth-order valence-corrected chi connectivity index (χ4v) is 4.06. The van der Waals surface area contributed by atoms with E-state index in [-0.39, 0.29) is 12.5 Å². The van der Waals surface area contributed by atoms with Crippen molar-refractivity contribution in [3.8, 4) is 16.3 Å². The molecule has 0 aliphatic rings. The lowest BCUT2D eigenvalue weighted by molar-refractivity contribution is -0.118. The van der Waals surface area contributed by atoms with E-state index in [4.69, 9.17) is 16.3 Å². The van der Waals surface area contributed by atoms with Crippen LogP contribution in [-0.4, -0.2) is 17.5 Å². The molecule has 0 saturated carbocycles. The first kappa shape index (κ1) is 18.5. The predicted octanol–water partition coefficient (Wildman–Crippen LogP) is 5.94. The highest BCUT2D eigenvalue weighted by molar-refractivity contribution is 7.21. The second kappa shape index (κ2) is 8.00. The summed E-state index contributed by atoms with van der Waals surface area (Å²) >= 11 is 7.95. The van der Waals surface area contributed by atoms with Crippen LogP contribution in [0.3, 0.4) is 0 Å². The van der Waals surface area contributed by atoms with Gasteiger partial charge < -0.3 is 10.1 Å². The lowest BCUT2D eigenvalue weighted by Gasteiger charge is -2.09. The Morgan fingerprint density at radius 1 is 1.11 bits per heavy atom. The molecule has 4 rings (SSSR count). The van der Waals surface area contributed by atoms with Crippen LogP contribution in [0.1, 0.15) is 5.56 Å². The summed E-state index contributed by atoms with van der Waals surface area (Å²) in [4.78, 5) is 16.9. The molecule has 0 unspecified atom stereocenters. The summed E-state index contributed by atoms with van der Waals surface area (Å²) in [5.74, 6) is 0.431. The first-order valence-corrected chi connectivity index (χ1v) is 9.93. The zero-order valence-corrected chi connectivity index (χ0v) is 16.7. The topological polar surface area (TPSA) is 51.2 Å². The van der Waals surface area contributed by atoms with E-state index < -0.39 is 0 Å². The number of anilines is 1. The van der Waals surface area contributed by atoms with Crippen LogP contribution >= 0.6 is 22.9 Å². The van der Waals surface area contributed by atoms with Crippen molar-refractivity contribution in [2.75, 3.05) is 11.9 Å². The number of para-hydroxylation sites is 1. The third kappa shape index (κ3) is 4.16. The van der Waals surface area contributed by atoms with Crippen molar-refractivity contribution in [3.63, 3.8) is 0 Å². The Balaban J connectivity index is 1.49. The Kier molecular flexibility index (Phi) is 5.28. The number of hydrogen-bond donors (Lipinski definition) is 1. The lowest BCUT2D eigenvalue weighted by Crippen LogP contribution is -2.20. The highest BCUT2D eigenvalue weighted by atomic mass is 35.5. The quantitative estimate of drug-likeness (QED) is 0.444. The number of halogens is 1. The molecule has 4 nitrogen and oxygen atoms in total. The molecule has 1 aromatic heterocycles. The summed E-state index contributed by atoms with van der Waals surface area (Å²) in [6.07, 6.45) is 0. The maximum atomic E-state index is 12.3. The van der Waals surface area contributed by atoms with Crippen LogP contribution < -0.4 is 10.1 Å². The molecule has 6 heteroatoms. The van der Waals surface area contributed by atoms with Gasteiger partial charge in [0.25, 0.3) is 5.91 Å². The van der Waals surface area contributed by atoms with Crippen LogP contribution in [0.4, 0.5) is 5.69 Å². The number of carbonyl (C=O) groups excluding carboxylic acids is 1. The molecule has 28 heavy (non-hydrogen) atoms. The molecule has 1 amide bonds. The molecule has 0 spiro atoms. The lowest BCUT2D eigenvalue weighted by atomic mass is 10.2. The number of thiazole rings is 1. The number of aryl methyl sites for hydroxylation is 1. The van der Waals surface area contributed by atoms with Gasteiger partial charge in [-0.15, -0.1) is 11.3 Å². The van der Waals surface area contributed by atoms with Crippen molar-refractivity contribution in [2.24, 2.45) is 0 Å². The van der Waals surface area contributed by atoms with Crippen LogP contribution in [0, 0.1) is 6.92 Å². The van der Waals surface area contributed by atoms with Gasteiger partial charge in [0.2, 0.25) is 0 Å². The number of benzene rings is 3. The molecule has 0 radical (unpaired) electrons. The minimum Gasteiger partial charge on any atom is -0.484 e. The molecule has 1 N–H and O–H groups in total. The van der Waals surface area contributed by atoms with E-state index in [0.717, 1.165) is 26.4 Å². The second-order valence-electron chi connectivity index (χ2n) is 6.33. The highest BCUT2D eigenvalue weighted by Crippen LogP contribution is 2.35. The van der Waals surface area contributed by atoms with Crippen LogP contribution in [0.15, 0.2) is 66.7 Å². The van der Waals surface area contributed by atoms with Crippen molar-refractivity contribution in [1.29, 1.82) is 0 Å². The number of rotatable bonds is 5. The van der Waals surface area contributed by atoms with Crippen LogP contribution in [0.25, 0.3) is 20.8 Å². The maximum absolute atomic E-state index is 12.3. The van der Waals surface area contributed by atoms with Gasteiger partial charge in [0.15, 0.2) is 6.61 Å². The number of nitrogens with one attached hydrogen (secondary N) is 1. The number of hydrogen-bond acceptors (Lipinski definition) is 4. The summed E-state index contributed by atoms with van der Waals surface area (Å²) in [6, 6.07) is 20.9. The molecular weight excluding hydrogens is 392 g/mol. The van der Waals surface area contributed by atoms with Crippen LogP contribution in [-0.2, 0) is 4.79 Å². The number of carbonyl (C=O) groups is 1. The average Bonchev–Trinajstić information content (AvgIpc) is 3.12. The van der Waals surface area contributed by atoms with Gasteiger partial charge in [-0.1, -0.05) is 35.9 Å². The van der Waals surface area contributed by atoms with Gasteiger partial charge >= 0.3 is 0 Å². The molecule has 0 saturated heterocycles. The van der Waals surface area contributed by atoms with E-state index in [0.29, 0.717) is 16.5 Å². The zero-order valence-electron chi connectivity index (χ0n) is 15.1. The Bertz CT molecular complexity index is 1120. The van der Waals surface area contributed by atoms with E-state index in [2.05, 4.69) is 10.3 Å². The molecular formula is C22H17ClN2O2S. The molecule has 0 atom stereocenters. The van der Waals surface area contributed by atoms with Crippen molar-refractivity contribution < 1.29 is 9.53 Å². The largest absolute Gasteiger partial charge is 0.484 e. The monoisotopic (exact) mass is 408 g/mol. The average molecular weight is 409 g/mol. The predicted molar refractivity (Wildman–Crippen MR) is 115 cm³/mol. The van der Waals surface area contributed by atoms with Gasteiger partial charge in [-0.05, 0) is 55.0 Å². The van der Waals surface area contributed by atoms with Crippen molar-refractivity contribution >= 4 is 44.7 Å². The van der Waals surface area contributed by atoms with Gasteiger partial charge in [0, 0.05) is 11.3 Å². The van der Waals surface area contributed by atoms with Crippen LogP contribution in [0.5, 0.6) is 5.75 Å². The molecule has 0 aliphatic carbocycles. The SMILES string of the molecule is Cc1cccc(OCC(=O)Nc2ccc(Cl)c(-c3nc4ccccc4s3)c2)c1. The fraction of sp³-hybridized carbons (Fsp3) is 0.0909. The van der Waals surface area contributed by atoms with E-state index in [1.165, 1.54) is 0 Å². The molecule has 4 aromatic rings. The first-order chi connectivity index (χ1) is 13.6. The Labute approximate surface area is 171 Å². The first-order valence-electron chi connectivity index (χ1n) is 8.73. The molecule has 0 bridgehead atoms. The van der Waals surface area contributed by atoms with Gasteiger partial charge in [-0.2, -0.15) is 0 Å². The van der Waals surface area contributed by atoms with Crippen molar-refractivity contribution in [2.45, 2.75) is 6.92 Å². The fourth-order valence-electron chi connectivity index (χ4n) is 2.81. The molecule has 0 fully saturated rings. The number of ether oxygens (including phenoxy) is 1. The molecule has 1 heterocycles. The van der Waals surface area contributed by atoms with Crippen molar-refractivity contribution in [3.05, 3.63) is 77.3 Å². The standard InChI is InChI=1S/C22H17ClN2O2S/c1-14-5-4-6-16(11-14)27-13-21(26)24-15-9-10-18(23)17(12-15)22-25-19-7-2-3-8-20(19)28-22/h2-12H,13H2,1H3,(H,24,26). The Hall–Kier alpha value is -2.89. The van der Waals surface area contributed by atoms with E-state index >= 15 is 0 Å². The smallest absolute Gasteiger partial charge is 0.262 e. The molecule has 0 aliphatic heterocycles. The summed E-state index contributed by atoms with van der Waals surface area (Å²) in [6.45, 7) is 1.91. The number of nitrogens with zero attached hydrogens (tertiary/aromatic N) is 1. The minimum absolute atomic E-state index is 0.0669. The highest BCUT2D eigenvalue weighted by Gasteiger charge is 2.12. The van der Waals surface area contributed by atoms with E-state index in [9.17, 15) is 4.79 Å². The van der Waals surface area contributed by atoms with Crippen LogP contribution in [0.2, 0.25) is 5.02 Å². The second-order valence-corrected chi connectivity index (χ2v) is 7.77. The zero-order chi connectivity index (χ0) is 19.5. The maximum Gasteiger partial charge on any atom is 0.262 e. The summed E-state index contributed by atoms with van der Waals surface area (Å²) in [7, 11) is 0. The Morgan fingerprint density at radius 2 is 1.96 bits per heavy atom. The molecule has 3 aromatic carbocycles. The minimum atomic E-state index is -0.237. The van der Waals surface area contributed by atoms with Gasteiger partial charge in [-0.25, -0.2) is 4.98 Å². The molecule has 140 valence electrons. The van der Waals surface area contributed by atoms with E-state index in [1.807, 2.05) is 61.5 Å². The Morgan fingerprint density at radius 3 is 2.79 bits per heavy atom. The van der Waals surface area contributed by atoms with Gasteiger partial charge in [0.1, 0.15) is 10.8 Å². The normalized spacial score (nSPS) is 10.8. The van der Waals surface area contributed by atoms with Gasteiger partial charge in [-0.3, -0.25) is 4.79 Å². The number of amides is 1. The number of fused-ring (bicyclic) bond motifs is 1. The third-order valence-electron chi connectivity index (χ3n) is 4.13. The van der Waals surface area contributed by atoms with Crippen molar-refractivity contribution in [1.82, 2.24) is 4.98 Å². The number of aromatic nitrogens is 1. The van der Waals surface area contributed by atoms with Gasteiger partial charge in [0.05, 0.1) is 15.2 Å². The summed E-state index contributed by atoms with van der Waals surface area (Å²) < 4.78 is 6.64. The van der Waals surface area contributed by atoms with E-state index in [1.54, 1.807) is 23.5 Å².